The highest BCUT2D eigenvalue weighted by Gasteiger charge is 2.44. The van der Waals surface area contributed by atoms with Crippen LogP contribution in [0.25, 0.3) is 0 Å². The number of rotatable bonds is 2. The molecule has 1 aromatic heterocycles. The van der Waals surface area contributed by atoms with Crippen molar-refractivity contribution in [2.45, 2.75) is 32.1 Å². The fraction of sp³-hybridized carbons (Fsp3) is 0.429. The number of allylic oxidation sites excluding steroid dienone is 1. The first kappa shape index (κ1) is 13.2. The molecular formula is C14H14N2O3S. The highest BCUT2D eigenvalue weighted by molar-refractivity contribution is 7.09. The normalized spacial score (nSPS) is 26.2. The van der Waals surface area contributed by atoms with Gasteiger partial charge in [0, 0.05) is 29.4 Å². The van der Waals surface area contributed by atoms with Crippen LogP contribution in [0.5, 0.6) is 0 Å². The number of thiazole rings is 1. The lowest BCUT2D eigenvalue weighted by atomic mass is 9.72. The van der Waals surface area contributed by atoms with Gasteiger partial charge in [0.2, 0.25) is 0 Å². The standard InChI is InChI=1S/C14H14N2O3S/c1-7-10(14(18)19)12(13-15-5-6-20-13)11-8(16-7)3-2-4-9(11)17/h5-6,11-12H,2-4H2,1H3,(H,18,19). The van der Waals surface area contributed by atoms with Crippen molar-refractivity contribution >= 4 is 28.8 Å². The van der Waals surface area contributed by atoms with E-state index >= 15 is 0 Å². The Morgan fingerprint density at radius 1 is 1.40 bits per heavy atom. The third-order valence-corrected chi connectivity index (χ3v) is 4.71. The quantitative estimate of drug-likeness (QED) is 0.907. The second-order valence-electron chi connectivity index (χ2n) is 5.05. The van der Waals surface area contributed by atoms with Gasteiger partial charge in [-0.1, -0.05) is 0 Å². The molecule has 1 N–H and O–H groups in total. The summed E-state index contributed by atoms with van der Waals surface area (Å²) in [5.41, 5.74) is 1.53. The number of aromatic nitrogens is 1. The smallest absolute Gasteiger partial charge is 0.334 e. The number of hydrogen-bond donors (Lipinski definition) is 1. The van der Waals surface area contributed by atoms with Crippen molar-refractivity contribution in [1.29, 1.82) is 0 Å². The van der Waals surface area contributed by atoms with Crippen molar-refractivity contribution in [2.75, 3.05) is 0 Å². The maximum absolute atomic E-state index is 12.3. The first-order chi connectivity index (χ1) is 9.59. The minimum atomic E-state index is -1.01. The van der Waals surface area contributed by atoms with Crippen LogP contribution < -0.4 is 0 Å². The van der Waals surface area contributed by atoms with Crippen molar-refractivity contribution in [3.8, 4) is 0 Å². The summed E-state index contributed by atoms with van der Waals surface area (Å²) in [6.07, 6.45) is 3.71. The number of Topliss-reactive ketones (excluding diaryl/α,β-unsaturated/α-hetero) is 1. The Morgan fingerprint density at radius 2 is 2.20 bits per heavy atom. The highest BCUT2D eigenvalue weighted by atomic mass is 32.1. The molecule has 0 saturated heterocycles. The van der Waals surface area contributed by atoms with E-state index in [1.807, 2.05) is 5.38 Å². The van der Waals surface area contributed by atoms with Crippen LogP contribution in [-0.2, 0) is 9.59 Å². The van der Waals surface area contributed by atoms with E-state index in [2.05, 4.69) is 9.98 Å². The first-order valence-corrected chi connectivity index (χ1v) is 7.41. The molecule has 2 atom stereocenters. The molecule has 0 amide bonds. The minimum absolute atomic E-state index is 0.0847. The van der Waals surface area contributed by atoms with Gasteiger partial charge in [0.25, 0.3) is 0 Å². The number of aliphatic imine (C=N–C) groups is 1. The average molecular weight is 290 g/mol. The van der Waals surface area contributed by atoms with Gasteiger partial charge in [-0.15, -0.1) is 11.3 Å². The SMILES string of the molecule is CC1=C(C(=O)O)C(c2nccs2)C2C(=O)CCCC2=N1. The molecule has 5 nitrogen and oxygen atoms in total. The highest BCUT2D eigenvalue weighted by Crippen LogP contribution is 2.43. The van der Waals surface area contributed by atoms with Crippen LogP contribution in [0.4, 0.5) is 0 Å². The molecule has 0 radical (unpaired) electrons. The molecule has 0 aromatic carbocycles. The average Bonchev–Trinajstić information content (AvgIpc) is 2.90. The summed E-state index contributed by atoms with van der Waals surface area (Å²) >= 11 is 1.39. The van der Waals surface area contributed by atoms with Crippen LogP contribution in [0, 0.1) is 5.92 Å². The van der Waals surface area contributed by atoms with E-state index < -0.39 is 17.8 Å². The fourth-order valence-corrected chi connectivity index (χ4v) is 3.84. The van der Waals surface area contributed by atoms with E-state index in [0.29, 0.717) is 17.1 Å². The second-order valence-corrected chi connectivity index (χ2v) is 5.98. The van der Waals surface area contributed by atoms with Crippen molar-refractivity contribution in [3.63, 3.8) is 0 Å². The molecule has 1 aliphatic carbocycles. The molecule has 6 heteroatoms. The van der Waals surface area contributed by atoms with Gasteiger partial charge in [-0.05, 0) is 19.8 Å². The lowest BCUT2D eigenvalue weighted by Crippen LogP contribution is -2.38. The Hall–Kier alpha value is -1.82. The zero-order chi connectivity index (χ0) is 14.3. The van der Waals surface area contributed by atoms with Gasteiger partial charge in [-0.2, -0.15) is 0 Å². The van der Waals surface area contributed by atoms with Gasteiger partial charge in [-0.3, -0.25) is 9.79 Å². The minimum Gasteiger partial charge on any atom is -0.478 e. The Kier molecular flexibility index (Phi) is 3.25. The summed E-state index contributed by atoms with van der Waals surface area (Å²) in [5, 5.41) is 12.0. The van der Waals surface area contributed by atoms with E-state index in [9.17, 15) is 14.7 Å². The number of hydrogen-bond acceptors (Lipinski definition) is 5. The van der Waals surface area contributed by atoms with E-state index in [1.165, 1.54) is 11.3 Å². The van der Waals surface area contributed by atoms with Gasteiger partial charge in [0.1, 0.15) is 10.8 Å². The molecule has 1 aromatic rings. The molecule has 0 spiro atoms. The summed E-state index contributed by atoms with van der Waals surface area (Å²) in [7, 11) is 0. The predicted octanol–water partition coefficient (Wildman–Crippen LogP) is 2.41. The van der Waals surface area contributed by atoms with Crippen LogP contribution in [0.15, 0.2) is 27.8 Å². The molecule has 2 aliphatic rings. The van der Waals surface area contributed by atoms with Crippen LogP contribution >= 0.6 is 11.3 Å². The van der Waals surface area contributed by atoms with Crippen LogP contribution in [0.3, 0.4) is 0 Å². The number of carbonyl (C=O) groups is 2. The Morgan fingerprint density at radius 3 is 2.85 bits per heavy atom. The van der Waals surface area contributed by atoms with Crippen molar-refractivity contribution in [2.24, 2.45) is 10.9 Å². The molecule has 104 valence electrons. The number of carboxylic acids is 1. The molecule has 2 heterocycles. The van der Waals surface area contributed by atoms with Crippen LogP contribution in [0.2, 0.25) is 0 Å². The Labute approximate surface area is 120 Å². The van der Waals surface area contributed by atoms with Gasteiger partial charge in [-0.25, -0.2) is 9.78 Å². The van der Waals surface area contributed by atoms with Crippen molar-refractivity contribution < 1.29 is 14.7 Å². The number of fused-ring (bicyclic) bond motifs is 1. The maximum atomic E-state index is 12.3. The van der Waals surface area contributed by atoms with Gasteiger partial charge < -0.3 is 5.11 Å². The molecule has 2 unspecified atom stereocenters. The summed E-state index contributed by atoms with van der Waals surface area (Å²) < 4.78 is 0. The first-order valence-electron chi connectivity index (χ1n) is 6.53. The fourth-order valence-electron chi connectivity index (χ4n) is 3.05. The number of carbonyl (C=O) groups excluding carboxylic acids is 1. The molecule has 3 rings (SSSR count). The summed E-state index contributed by atoms with van der Waals surface area (Å²) in [6.45, 7) is 1.70. The van der Waals surface area contributed by atoms with Gasteiger partial charge >= 0.3 is 5.97 Å². The van der Waals surface area contributed by atoms with E-state index in [0.717, 1.165) is 18.6 Å². The summed E-state index contributed by atoms with van der Waals surface area (Å²) in [4.78, 5) is 32.5. The van der Waals surface area contributed by atoms with E-state index in [4.69, 9.17) is 0 Å². The second kappa shape index (κ2) is 4.94. The molecule has 1 aliphatic heterocycles. The summed E-state index contributed by atoms with van der Waals surface area (Å²) in [6, 6.07) is 0. The lowest BCUT2D eigenvalue weighted by Gasteiger charge is -2.33. The van der Waals surface area contributed by atoms with Crippen molar-refractivity contribution in [1.82, 2.24) is 4.98 Å². The van der Waals surface area contributed by atoms with Gasteiger partial charge in [0.15, 0.2) is 0 Å². The lowest BCUT2D eigenvalue weighted by molar-refractivity contribution is -0.133. The molecule has 20 heavy (non-hydrogen) atoms. The molecule has 1 saturated carbocycles. The monoisotopic (exact) mass is 290 g/mol. The summed E-state index contributed by atoms with van der Waals surface area (Å²) in [5.74, 6) is -1.84. The predicted molar refractivity (Wildman–Crippen MR) is 75.0 cm³/mol. The largest absolute Gasteiger partial charge is 0.478 e. The Bertz CT molecular complexity index is 631. The maximum Gasteiger partial charge on any atom is 0.334 e. The number of nitrogens with zero attached hydrogens (tertiary/aromatic N) is 2. The van der Waals surface area contributed by atoms with Crippen molar-refractivity contribution in [3.05, 3.63) is 27.9 Å². The van der Waals surface area contributed by atoms with E-state index in [-0.39, 0.29) is 11.4 Å². The number of carboxylic acid groups (broad SMARTS) is 1. The topological polar surface area (TPSA) is 79.6 Å². The molecular weight excluding hydrogens is 276 g/mol. The number of ketones is 1. The molecule has 0 bridgehead atoms. The van der Waals surface area contributed by atoms with Crippen LogP contribution in [0.1, 0.15) is 37.1 Å². The molecule has 1 fully saturated rings. The van der Waals surface area contributed by atoms with Gasteiger partial charge in [0.05, 0.1) is 17.4 Å². The number of aliphatic carboxylic acids is 1. The third-order valence-electron chi connectivity index (χ3n) is 3.86. The third kappa shape index (κ3) is 2.00. The Balaban J connectivity index is 2.17. The zero-order valence-corrected chi connectivity index (χ0v) is 11.8. The zero-order valence-electron chi connectivity index (χ0n) is 11.0. The van der Waals surface area contributed by atoms with Crippen LogP contribution in [-0.4, -0.2) is 27.6 Å². The van der Waals surface area contributed by atoms with E-state index in [1.54, 1.807) is 13.1 Å².